The number of nitrogens with zero attached hydrogens (tertiary/aromatic N) is 3. The van der Waals surface area contributed by atoms with Crippen LogP contribution in [0.4, 0.5) is 0 Å². The SMILES string of the molecule is Cc1cc(OCC(=O)N2CCN(Cc3ccncc3)CC2)ccc1Cl. The molecule has 0 saturated carbocycles. The molecule has 2 aromatic rings. The van der Waals surface area contributed by atoms with Gasteiger partial charge in [0.1, 0.15) is 5.75 Å². The molecule has 0 spiro atoms. The van der Waals surface area contributed by atoms with Gasteiger partial charge in [-0.25, -0.2) is 0 Å². The summed E-state index contributed by atoms with van der Waals surface area (Å²) in [5, 5.41) is 0.698. The monoisotopic (exact) mass is 359 g/mol. The number of piperazine rings is 1. The number of carbonyl (C=O) groups is 1. The number of halogens is 1. The molecule has 5 nitrogen and oxygen atoms in total. The molecule has 1 aromatic carbocycles. The number of pyridine rings is 1. The zero-order chi connectivity index (χ0) is 17.6. The highest BCUT2D eigenvalue weighted by Gasteiger charge is 2.21. The highest BCUT2D eigenvalue weighted by molar-refractivity contribution is 6.31. The molecule has 25 heavy (non-hydrogen) atoms. The number of carbonyl (C=O) groups excluding carboxylic acids is 1. The maximum Gasteiger partial charge on any atom is 0.260 e. The number of benzene rings is 1. The molecule has 2 heterocycles. The normalized spacial score (nSPS) is 15.2. The number of hydrogen-bond donors (Lipinski definition) is 0. The second-order valence-electron chi connectivity index (χ2n) is 6.21. The molecule has 0 aliphatic carbocycles. The van der Waals surface area contributed by atoms with E-state index in [1.54, 1.807) is 12.1 Å². The van der Waals surface area contributed by atoms with Crippen LogP contribution in [-0.2, 0) is 11.3 Å². The average molecular weight is 360 g/mol. The van der Waals surface area contributed by atoms with Crippen LogP contribution in [0.1, 0.15) is 11.1 Å². The predicted octanol–water partition coefficient (Wildman–Crippen LogP) is 2.77. The van der Waals surface area contributed by atoms with Crippen molar-refractivity contribution in [2.75, 3.05) is 32.8 Å². The summed E-state index contributed by atoms with van der Waals surface area (Å²) in [6.45, 7) is 6.07. The molecule has 1 amide bonds. The van der Waals surface area contributed by atoms with Crippen molar-refractivity contribution in [3.05, 3.63) is 58.9 Å². The third-order valence-electron chi connectivity index (χ3n) is 4.37. The summed E-state index contributed by atoms with van der Waals surface area (Å²) >= 11 is 6.00. The number of aryl methyl sites for hydroxylation is 1. The topological polar surface area (TPSA) is 45.7 Å². The molecule has 0 atom stereocenters. The van der Waals surface area contributed by atoms with Crippen molar-refractivity contribution in [3.8, 4) is 5.75 Å². The molecule has 1 aliphatic rings. The Morgan fingerprint density at radius 2 is 1.88 bits per heavy atom. The minimum atomic E-state index is 0.0242. The molecular formula is C19H22ClN3O2. The molecule has 0 unspecified atom stereocenters. The Morgan fingerprint density at radius 3 is 2.56 bits per heavy atom. The van der Waals surface area contributed by atoms with Crippen LogP contribution in [0, 0.1) is 6.92 Å². The molecule has 0 radical (unpaired) electrons. The van der Waals surface area contributed by atoms with Gasteiger partial charge in [-0.05, 0) is 48.4 Å². The van der Waals surface area contributed by atoms with E-state index in [2.05, 4.69) is 9.88 Å². The van der Waals surface area contributed by atoms with E-state index in [0.29, 0.717) is 10.8 Å². The van der Waals surface area contributed by atoms with Crippen LogP contribution >= 0.6 is 11.6 Å². The highest BCUT2D eigenvalue weighted by Crippen LogP contribution is 2.21. The van der Waals surface area contributed by atoms with Crippen LogP contribution in [0.15, 0.2) is 42.7 Å². The number of amides is 1. The lowest BCUT2D eigenvalue weighted by Crippen LogP contribution is -2.49. The van der Waals surface area contributed by atoms with Crippen LogP contribution in [0.5, 0.6) is 5.75 Å². The van der Waals surface area contributed by atoms with Crippen LogP contribution in [0.3, 0.4) is 0 Å². The third-order valence-corrected chi connectivity index (χ3v) is 4.80. The average Bonchev–Trinajstić information content (AvgIpc) is 2.64. The van der Waals surface area contributed by atoms with E-state index in [1.165, 1.54) is 5.56 Å². The summed E-state index contributed by atoms with van der Waals surface area (Å²) in [5.41, 5.74) is 2.19. The van der Waals surface area contributed by atoms with Crippen molar-refractivity contribution in [2.24, 2.45) is 0 Å². The van der Waals surface area contributed by atoms with Crippen molar-refractivity contribution in [2.45, 2.75) is 13.5 Å². The lowest BCUT2D eigenvalue weighted by atomic mass is 10.2. The summed E-state index contributed by atoms with van der Waals surface area (Å²) in [7, 11) is 0. The lowest BCUT2D eigenvalue weighted by Gasteiger charge is -2.34. The van der Waals surface area contributed by atoms with Gasteiger partial charge in [-0.15, -0.1) is 0 Å². The minimum absolute atomic E-state index is 0.0242. The Hall–Kier alpha value is -2.11. The fraction of sp³-hybridized carbons (Fsp3) is 0.368. The first-order chi connectivity index (χ1) is 12.1. The fourth-order valence-corrected chi connectivity index (χ4v) is 2.96. The lowest BCUT2D eigenvalue weighted by molar-refractivity contribution is -0.135. The van der Waals surface area contributed by atoms with E-state index in [-0.39, 0.29) is 12.5 Å². The molecule has 1 fully saturated rings. The van der Waals surface area contributed by atoms with Gasteiger partial charge < -0.3 is 9.64 Å². The van der Waals surface area contributed by atoms with Gasteiger partial charge in [0.2, 0.25) is 0 Å². The van der Waals surface area contributed by atoms with Gasteiger partial charge in [-0.2, -0.15) is 0 Å². The minimum Gasteiger partial charge on any atom is -0.484 e. The Bertz CT molecular complexity index is 716. The number of rotatable bonds is 5. The van der Waals surface area contributed by atoms with Crippen molar-refractivity contribution in [1.29, 1.82) is 0 Å². The summed E-state index contributed by atoms with van der Waals surface area (Å²) in [6.07, 6.45) is 3.62. The maximum atomic E-state index is 12.3. The highest BCUT2D eigenvalue weighted by atomic mass is 35.5. The van der Waals surface area contributed by atoms with Gasteiger partial charge in [-0.1, -0.05) is 11.6 Å². The van der Waals surface area contributed by atoms with Crippen LogP contribution in [-0.4, -0.2) is 53.5 Å². The zero-order valence-electron chi connectivity index (χ0n) is 14.3. The van der Waals surface area contributed by atoms with E-state index in [9.17, 15) is 4.79 Å². The van der Waals surface area contributed by atoms with Crippen molar-refractivity contribution in [1.82, 2.24) is 14.8 Å². The van der Waals surface area contributed by atoms with Gasteiger partial charge in [0.25, 0.3) is 5.91 Å². The Balaban J connectivity index is 1.44. The molecule has 6 heteroatoms. The summed E-state index contributed by atoms with van der Waals surface area (Å²) < 4.78 is 5.61. The summed E-state index contributed by atoms with van der Waals surface area (Å²) in [6, 6.07) is 9.48. The molecular weight excluding hydrogens is 338 g/mol. The molecule has 1 aliphatic heterocycles. The molecule has 0 bridgehead atoms. The zero-order valence-corrected chi connectivity index (χ0v) is 15.1. The Labute approximate surface area is 153 Å². The molecule has 3 rings (SSSR count). The van der Waals surface area contributed by atoms with Gasteiger partial charge in [0, 0.05) is 50.1 Å². The Kier molecular flexibility index (Phi) is 5.89. The third kappa shape index (κ3) is 4.94. The van der Waals surface area contributed by atoms with E-state index < -0.39 is 0 Å². The number of hydrogen-bond acceptors (Lipinski definition) is 4. The first kappa shape index (κ1) is 17.7. The van der Waals surface area contributed by atoms with Crippen LogP contribution in [0.25, 0.3) is 0 Å². The smallest absolute Gasteiger partial charge is 0.260 e. The maximum absolute atomic E-state index is 12.3. The quantitative estimate of drug-likeness (QED) is 0.823. The molecule has 1 aromatic heterocycles. The summed E-state index contributed by atoms with van der Waals surface area (Å²) in [5.74, 6) is 0.697. The van der Waals surface area contributed by atoms with Crippen LogP contribution in [0.2, 0.25) is 5.02 Å². The molecule has 1 saturated heterocycles. The largest absolute Gasteiger partial charge is 0.484 e. The molecule has 132 valence electrons. The van der Waals surface area contributed by atoms with Crippen molar-refractivity contribution in [3.63, 3.8) is 0 Å². The van der Waals surface area contributed by atoms with Crippen molar-refractivity contribution < 1.29 is 9.53 Å². The van der Waals surface area contributed by atoms with Crippen molar-refractivity contribution >= 4 is 17.5 Å². The van der Waals surface area contributed by atoms with Gasteiger partial charge in [0.05, 0.1) is 0 Å². The summed E-state index contributed by atoms with van der Waals surface area (Å²) in [4.78, 5) is 20.6. The van der Waals surface area contributed by atoms with E-state index in [0.717, 1.165) is 38.3 Å². The molecule has 0 N–H and O–H groups in total. The number of aromatic nitrogens is 1. The Morgan fingerprint density at radius 1 is 1.16 bits per heavy atom. The predicted molar refractivity (Wildman–Crippen MR) is 97.8 cm³/mol. The van der Waals surface area contributed by atoms with Gasteiger partial charge in [-0.3, -0.25) is 14.7 Å². The van der Waals surface area contributed by atoms with Crippen LogP contribution < -0.4 is 4.74 Å². The standard InChI is InChI=1S/C19H22ClN3O2/c1-15-12-17(2-3-18(15)20)25-14-19(24)23-10-8-22(9-11-23)13-16-4-6-21-7-5-16/h2-7,12H,8-11,13-14H2,1H3. The number of ether oxygens (including phenoxy) is 1. The second-order valence-corrected chi connectivity index (χ2v) is 6.62. The van der Waals surface area contributed by atoms with Gasteiger partial charge in [0.15, 0.2) is 6.61 Å². The first-order valence-electron chi connectivity index (χ1n) is 8.40. The van der Waals surface area contributed by atoms with E-state index in [1.807, 2.05) is 42.4 Å². The van der Waals surface area contributed by atoms with E-state index in [4.69, 9.17) is 16.3 Å². The van der Waals surface area contributed by atoms with E-state index >= 15 is 0 Å². The second kappa shape index (κ2) is 8.32. The fourth-order valence-electron chi connectivity index (χ4n) is 2.85. The first-order valence-corrected chi connectivity index (χ1v) is 8.77. The van der Waals surface area contributed by atoms with Gasteiger partial charge >= 0.3 is 0 Å².